The highest BCUT2D eigenvalue weighted by Gasteiger charge is 2.21. The molecule has 3 aromatic rings. The lowest BCUT2D eigenvalue weighted by Crippen LogP contribution is -2.20. The van der Waals surface area contributed by atoms with E-state index < -0.39 is 5.97 Å². The van der Waals surface area contributed by atoms with Crippen molar-refractivity contribution in [1.29, 1.82) is 0 Å². The van der Waals surface area contributed by atoms with Gasteiger partial charge in [0.25, 0.3) is 5.56 Å². The van der Waals surface area contributed by atoms with E-state index in [0.717, 1.165) is 10.6 Å². The van der Waals surface area contributed by atoms with Gasteiger partial charge in [-0.05, 0) is 30.0 Å². The maximum Gasteiger partial charge on any atom is 0.339 e. The summed E-state index contributed by atoms with van der Waals surface area (Å²) in [5, 5.41) is 2.60. The Kier molecular flexibility index (Phi) is 6.04. The molecule has 0 saturated carbocycles. The SMILES string of the molecule is CC(C)COC(=O)c1cc(-c2csc(-c3ccncc3)n2)c(=O)[nH]c1C(C)C. The van der Waals surface area contributed by atoms with Crippen molar-refractivity contribution in [3.05, 3.63) is 57.6 Å². The summed E-state index contributed by atoms with van der Waals surface area (Å²) in [6, 6.07) is 5.33. The van der Waals surface area contributed by atoms with Crippen molar-refractivity contribution in [2.24, 2.45) is 5.92 Å². The predicted octanol–water partition coefficient (Wildman–Crippen LogP) is 4.50. The molecule has 146 valence electrons. The number of aromatic nitrogens is 3. The fourth-order valence-corrected chi connectivity index (χ4v) is 3.53. The average Bonchev–Trinajstić information content (AvgIpc) is 3.16. The first-order chi connectivity index (χ1) is 13.4. The predicted molar refractivity (Wildman–Crippen MR) is 111 cm³/mol. The van der Waals surface area contributed by atoms with Gasteiger partial charge in [0.15, 0.2) is 0 Å². The van der Waals surface area contributed by atoms with Crippen LogP contribution in [0.25, 0.3) is 21.8 Å². The monoisotopic (exact) mass is 397 g/mol. The van der Waals surface area contributed by atoms with Crippen LogP contribution in [0.4, 0.5) is 0 Å². The van der Waals surface area contributed by atoms with Crippen LogP contribution in [0.15, 0.2) is 40.8 Å². The summed E-state index contributed by atoms with van der Waals surface area (Å²) in [6.45, 7) is 8.13. The van der Waals surface area contributed by atoms with Crippen molar-refractivity contribution < 1.29 is 9.53 Å². The second-order valence-electron chi connectivity index (χ2n) is 7.26. The molecule has 1 N–H and O–H groups in total. The minimum atomic E-state index is -0.431. The van der Waals surface area contributed by atoms with E-state index in [1.54, 1.807) is 18.5 Å². The Hall–Kier alpha value is -2.80. The van der Waals surface area contributed by atoms with Gasteiger partial charge < -0.3 is 9.72 Å². The molecule has 0 radical (unpaired) electrons. The number of nitrogens with zero attached hydrogens (tertiary/aromatic N) is 2. The third-order valence-corrected chi connectivity index (χ3v) is 5.02. The first kappa shape index (κ1) is 19.9. The van der Waals surface area contributed by atoms with Crippen molar-refractivity contribution >= 4 is 17.3 Å². The number of carbonyl (C=O) groups is 1. The van der Waals surface area contributed by atoms with E-state index in [1.807, 2.05) is 45.2 Å². The molecule has 0 bridgehead atoms. The number of carbonyl (C=O) groups excluding carboxylic acids is 1. The third kappa shape index (κ3) is 4.36. The number of hydrogen-bond donors (Lipinski definition) is 1. The third-order valence-electron chi connectivity index (χ3n) is 4.12. The Bertz CT molecular complexity index is 1020. The molecule has 3 aromatic heterocycles. The topological polar surface area (TPSA) is 84.9 Å². The standard InChI is InChI=1S/C21H23N3O3S/c1-12(2)10-27-21(26)16-9-15(19(25)24-18(16)13(3)4)17-11-28-20(23-17)14-5-7-22-8-6-14/h5-9,11-13H,10H2,1-4H3,(H,24,25). The van der Waals surface area contributed by atoms with Crippen molar-refractivity contribution in [2.75, 3.05) is 6.61 Å². The van der Waals surface area contributed by atoms with Crippen LogP contribution in [0.2, 0.25) is 0 Å². The maximum atomic E-state index is 12.7. The second kappa shape index (κ2) is 8.48. The van der Waals surface area contributed by atoms with Crippen molar-refractivity contribution in [2.45, 2.75) is 33.6 Å². The number of H-pyrrole nitrogens is 1. The van der Waals surface area contributed by atoms with Gasteiger partial charge in [0.1, 0.15) is 5.01 Å². The molecule has 0 unspecified atom stereocenters. The van der Waals surface area contributed by atoms with Crippen molar-refractivity contribution in [3.63, 3.8) is 0 Å². The van der Waals surface area contributed by atoms with Gasteiger partial charge >= 0.3 is 5.97 Å². The van der Waals surface area contributed by atoms with E-state index in [9.17, 15) is 9.59 Å². The number of aromatic amines is 1. The maximum absolute atomic E-state index is 12.7. The molecule has 7 heteroatoms. The first-order valence-corrected chi connectivity index (χ1v) is 10.1. The Morgan fingerprint density at radius 2 is 1.93 bits per heavy atom. The van der Waals surface area contributed by atoms with E-state index in [0.29, 0.717) is 29.1 Å². The Balaban J connectivity index is 2.02. The number of pyridine rings is 2. The zero-order valence-corrected chi connectivity index (χ0v) is 17.2. The van der Waals surface area contributed by atoms with Crippen LogP contribution >= 0.6 is 11.3 Å². The largest absolute Gasteiger partial charge is 0.462 e. The summed E-state index contributed by atoms with van der Waals surface area (Å²) in [6.07, 6.45) is 3.40. The lowest BCUT2D eigenvalue weighted by Gasteiger charge is -2.14. The second-order valence-corrected chi connectivity index (χ2v) is 8.12. The molecule has 3 rings (SSSR count). The van der Waals surface area contributed by atoms with Gasteiger partial charge in [0.2, 0.25) is 0 Å². The lowest BCUT2D eigenvalue weighted by molar-refractivity contribution is 0.0456. The van der Waals surface area contributed by atoms with E-state index in [2.05, 4.69) is 15.0 Å². The summed E-state index contributed by atoms with van der Waals surface area (Å²) in [7, 11) is 0. The molecule has 0 aliphatic carbocycles. The molecule has 0 amide bonds. The summed E-state index contributed by atoms with van der Waals surface area (Å²) >= 11 is 1.44. The van der Waals surface area contributed by atoms with E-state index in [-0.39, 0.29) is 17.4 Å². The molecule has 0 aliphatic heterocycles. The van der Waals surface area contributed by atoms with Gasteiger partial charge in [-0.25, -0.2) is 9.78 Å². The zero-order valence-electron chi connectivity index (χ0n) is 16.4. The number of thiazole rings is 1. The number of rotatable bonds is 6. The number of esters is 1. The van der Waals surface area contributed by atoms with E-state index in [4.69, 9.17) is 4.74 Å². The highest BCUT2D eigenvalue weighted by atomic mass is 32.1. The number of nitrogens with one attached hydrogen (secondary N) is 1. The Morgan fingerprint density at radius 1 is 1.21 bits per heavy atom. The molecule has 28 heavy (non-hydrogen) atoms. The minimum absolute atomic E-state index is 0.0221. The van der Waals surface area contributed by atoms with Crippen LogP contribution in [0.3, 0.4) is 0 Å². The van der Waals surface area contributed by atoms with Gasteiger partial charge in [0.05, 0.1) is 23.4 Å². The van der Waals surface area contributed by atoms with E-state index >= 15 is 0 Å². The zero-order chi connectivity index (χ0) is 20.3. The molecule has 0 saturated heterocycles. The van der Waals surface area contributed by atoms with Crippen LogP contribution in [0, 0.1) is 5.92 Å². The molecule has 0 atom stereocenters. The average molecular weight is 398 g/mol. The van der Waals surface area contributed by atoms with Gasteiger partial charge in [-0.1, -0.05) is 27.7 Å². The highest BCUT2D eigenvalue weighted by Crippen LogP contribution is 2.28. The van der Waals surface area contributed by atoms with Gasteiger partial charge in [-0.15, -0.1) is 11.3 Å². The van der Waals surface area contributed by atoms with Crippen LogP contribution in [-0.2, 0) is 4.74 Å². The Morgan fingerprint density at radius 3 is 2.57 bits per heavy atom. The molecular formula is C21H23N3O3S. The molecule has 0 spiro atoms. The van der Waals surface area contributed by atoms with Crippen molar-refractivity contribution in [1.82, 2.24) is 15.0 Å². The number of hydrogen-bond acceptors (Lipinski definition) is 6. The van der Waals surface area contributed by atoms with Crippen molar-refractivity contribution in [3.8, 4) is 21.8 Å². The summed E-state index contributed by atoms with van der Waals surface area (Å²) in [5.74, 6) is -0.221. The molecule has 0 aliphatic rings. The van der Waals surface area contributed by atoms with Crippen LogP contribution in [0.1, 0.15) is 49.7 Å². The molecule has 6 nitrogen and oxygen atoms in total. The minimum Gasteiger partial charge on any atom is -0.462 e. The fraction of sp³-hybridized carbons (Fsp3) is 0.333. The summed E-state index contributed by atoms with van der Waals surface area (Å²) < 4.78 is 5.40. The van der Waals surface area contributed by atoms with Gasteiger partial charge in [0, 0.05) is 29.0 Å². The van der Waals surface area contributed by atoms with Gasteiger partial charge in [-0.2, -0.15) is 0 Å². The molecule has 0 aromatic carbocycles. The van der Waals surface area contributed by atoms with Crippen LogP contribution in [-0.4, -0.2) is 27.5 Å². The first-order valence-electron chi connectivity index (χ1n) is 9.17. The smallest absolute Gasteiger partial charge is 0.339 e. The summed E-state index contributed by atoms with van der Waals surface area (Å²) in [4.78, 5) is 36.8. The normalized spacial score (nSPS) is 11.2. The summed E-state index contributed by atoms with van der Waals surface area (Å²) in [5.41, 5.74) is 2.51. The van der Waals surface area contributed by atoms with E-state index in [1.165, 1.54) is 11.3 Å². The van der Waals surface area contributed by atoms with Gasteiger partial charge in [-0.3, -0.25) is 9.78 Å². The lowest BCUT2D eigenvalue weighted by atomic mass is 10.0. The molecular weight excluding hydrogens is 374 g/mol. The molecule has 0 fully saturated rings. The van der Waals surface area contributed by atoms with Crippen LogP contribution < -0.4 is 5.56 Å². The fourth-order valence-electron chi connectivity index (χ4n) is 2.70. The highest BCUT2D eigenvalue weighted by molar-refractivity contribution is 7.13. The van der Waals surface area contributed by atoms with Crippen LogP contribution in [0.5, 0.6) is 0 Å². The Labute approximate surface area is 167 Å². The number of ether oxygens (including phenoxy) is 1. The molecule has 3 heterocycles. The quantitative estimate of drug-likeness (QED) is 0.619.